The van der Waals surface area contributed by atoms with Crippen LogP contribution in [0.15, 0.2) is 30.5 Å². The van der Waals surface area contributed by atoms with Gasteiger partial charge in [0.05, 0.1) is 23.1 Å². The maximum Gasteiger partial charge on any atom is 0.226 e. The standard InChI is InChI=1S/C21H25N5O/c1-25-18-10-6-5-9-17(18)23-20(25)15-11-19(27)24-21-16(15)12-22-26(21)13-14-7-3-2-4-8-14/h5-6,9-10,12,14-15H,2-4,7-8,11,13H2,1H3,(H,24,27). The van der Waals surface area contributed by atoms with Crippen molar-refractivity contribution in [2.24, 2.45) is 13.0 Å². The summed E-state index contributed by atoms with van der Waals surface area (Å²) >= 11 is 0. The number of fused-ring (bicyclic) bond motifs is 2. The zero-order valence-corrected chi connectivity index (χ0v) is 15.7. The molecule has 140 valence electrons. The van der Waals surface area contributed by atoms with Crippen LogP contribution in [0.25, 0.3) is 11.0 Å². The molecule has 6 nitrogen and oxygen atoms in total. The fraction of sp³-hybridized carbons (Fsp3) is 0.476. The van der Waals surface area contributed by atoms with Crippen LogP contribution in [-0.2, 0) is 18.4 Å². The summed E-state index contributed by atoms with van der Waals surface area (Å²) in [5.74, 6) is 2.46. The number of anilines is 1. The summed E-state index contributed by atoms with van der Waals surface area (Å²) in [4.78, 5) is 17.3. The van der Waals surface area contributed by atoms with Gasteiger partial charge in [-0.05, 0) is 30.9 Å². The Balaban J connectivity index is 1.52. The zero-order valence-electron chi connectivity index (χ0n) is 15.7. The van der Waals surface area contributed by atoms with E-state index in [1.807, 2.05) is 36.1 Å². The second-order valence-corrected chi connectivity index (χ2v) is 7.96. The lowest BCUT2D eigenvalue weighted by Crippen LogP contribution is -2.27. The van der Waals surface area contributed by atoms with E-state index in [9.17, 15) is 4.79 Å². The molecule has 5 rings (SSSR count). The fourth-order valence-corrected chi connectivity index (χ4v) is 4.73. The van der Waals surface area contributed by atoms with E-state index in [2.05, 4.69) is 21.0 Å². The van der Waals surface area contributed by atoms with E-state index in [0.29, 0.717) is 12.3 Å². The molecule has 1 aromatic carbocycles. The molecule has 2 aromatic heterocycles. The van der Waals surface area contributed by atoms with Crippen molar-refractivity contribution in [3.05, 3.63) is 41.9 Å². The molecular formula is C21H25N5O. The number of amides is 1. The number of nitrogens with zero attached hydrogens (tertiary/aromatic N) is 4. The summed E-state index contributed by atoms with van der Waals surface area (Å²) in [5, 5.41) is 7.73. The zero-order chi connectivity index (χ0) is 18.4. The SMILES string of the molecule is Cn1c(C2CC(=O)Nc3c2cnn3CC2CCCCC2)nc2ccccc21. The van der Waals surface area contributed by atoms with Crippen molar-refractivity contribution >= 4 is 22.8 Å². The Labute approximate surface area is 158 Å². The number of benzene rings is 1. The van der Waals surface area contributed by atoms with Gasteiger partial charge in [0.25, 0.3) is 0 Å². The first-order valence-electron chi connectivity index (χ1n) is 9.97. The van der Waals surface area contributed by atoms with Crippen LogP contribution in [-0.4, -0.2) is 25.2 Å². The predicted octanol–water partition coefficient (Wildman–Crippen LogP) is 3.82. The monoisotopic (exact) mass is 363 g/mol. The Morgan fingerprint density at radius 1 is 1.19 bits per heavy atom. The number of hydrogen-bond donors (Lipinski definition) is 1. The van der Waals surface area contributed by atoms with Crippen molar-refractivity contribution in [3.63, 3.8) is 0 Å². The van der Waals surface area contributed by atoms with Gasteiger partial charge in [0.1, 0.15) is 11.6 Å². The third-order valence-corrected chi connectivity index (χ3v) is 6.18. The average Bonchev–Trinajstić information content (AvgIpc) is 3.24. The van der Waals surface area contributed by atoms with Gasteiger partial charge in [-0.25, -0.2) is 9.67 Å². The molecule has 0 spiro atoms. The molecule has 6 heteroatoms. The molecule has 1 N–H and O–H groups in total. The molecular weight excluding hydrogens is 338 g/mol. The van der Waals surface area contributed by atoms with Gasteiger partial charge in [0.15, 0.2) is 0 Å². The lowest BCUT2D eigenvalue weighted by Gasteiger charge is -2.25. The number of nitrogens with one attached hydrogen (secondary N) is 1. The van der Waals surface area contributed by atoms with E-state index in [-0.39, 0.29) is 11.8 Å². The number of carbonyl (C=O) groups excluding carboxylic acids is 1. The molecule has 0 saturated heterocycles. The molecule has 1 aliphatic heterocycles. The van der Waals surface area contributed by atoms with Crippen LogP contribution in [0.1, 0.15) is 55.8 Å². The molecule has 3 aromatic rings. The van der Waals surface area contributed by atoms with Crippen LogP contribution in [0.3, 0.4) is 0 Å². The molecule has 27 heavy (non-hydrogen) atoms. The number of hydrogen-bond acceptors (Lipinski definition) is 3. The second-order valence-electron chi connectivity index (χ2n) is 7.96. The molecule has 0 radical (unpaired) electrons. The van der Waals surface area contributed by atoms with E-state index in [1.165, 1.54) is 32.1 Å². The van der Waals surface area contributed by atoms with Crippen molar-refractivity contribution in [1.29, 1.82) is 0 Å². The number of carbonyl (C=O) groups is 1. The van der Waals surface area contributed by atoms with E-state index in [4.69, 9.17) is 4.98 Å². The molecule has 0 bridgehead atoms. The van der Waals surface area contributed by atoms with Gasteiger partial charge in [0.2, 0.25) is 5.91 Å². The average molecular weight is 363 g/mol. The molecule has 2 aliphatic rings. The van der Waals surface area contributed by atoms with Gasteiger partial charge < -0.3 is 9.88 Å². The molecule has 1 amide bonds. The normalized spacial score (nSPS) is 20.6. The van der Waals surface area contributed by atoms with E-state index in [0.717, 1.165) is 34.8 Å². The van der Waals surface area contributed by atoms with E-state index < -0.39 is 0 Å². The van der Waals surface area contributed by atoms with Crippen molar-refractivity contribution in [1.82, 2.24) is 19.3 Å². The van der Waals surface area contributed by atoms with Crippen LogP contribution in [0.5, 0.6) is 0 Å². The predicted molar refractivity (Wildman–Crippen MR) is 105 cm³/mol. The van der Waals surface area contributed by atoms with E-state index >= 15 is 0 Å². The largest absolute Gasteiger partial charge is 0.331 e. The van der Waals surface area contributed by atoms with Crippen molar-refractivity contribution < 1.29 is 4.79 Å². The minimum absolute atomic E-state index is 0.0463. The maximum absolute atomic E-state index is 12.5. The number of aromatic nitrogens is 4. The lowest BCUT2D eigenvalue weighted by atomic mass is 9.89. The number of para-hydroxylation sites is 2. The smallest absolute Gasteiger partial charge is 0.226 e. The summed E-state index contributed by atoms with van der Waals surface area (Å²) in [6, 6.07) is 8.12. The van der Waals surface area contributed by atoms with Gasteiger partial charge in [-0.1, -0.05) is 31.4 Å². The third kappa shape index (κ3) is 2.83. The highest BCUT2D eigenvalue weighted by Crippen LogP contribution is 2.38. The molecule has 1 saturated carbocycles. The van der Waals surface area contributed by atoms with Crippen LogP contribution < -0.4 is 5.32 Å². The van der Waals surface area contributed by atoms with Crippen LogP contribution in [0.4, 0.5) is 5.82 Å². The molecule has 1 unspecified atom stereocenters. The summed E-state index contributed by atoms with van der Waals surface area (Å²) in [6.45, 7) is 0.894. The Morgan fingerprint density at radius 3 is 2.81 bits per heavy atom. The first-order chi connectivity index (χ1) is 13.2. The van der Waals surface area contributed by atoms with Crippen molar-refractivity contribution in [3.8, 4) is 0 Å². The fourth-order valence-electron chi connectivity index (χ4n) is 4.73. The van der Waals surface area contributed by atoms with Crippen molar-refractivity contribution in [2.75, 3.05) is 5.32 Å². The minimum Gasteiger partial charge on any atom is -0.331 e. The Morgan fingerprint density at radius 2 is 2.00 bits per heavy atom. The molecule has 3 heterocycles. The van der Waals surface area contributed by atoms with Crippen LogP contribution in [0, 0.1) is 5.92 Å². The van der Waals surface area contributed by atoms with Gasteiger partial charge in [-0.2, -0.15) is 5.10 Å². The van der Waals surface area contributed by atoms with Gasteiger partial charge in [0, 0.05) is 25.6 Å². The quantitative estimate of drug-likeness (QED) is 0.769. The molecule has 1 atom stereocenters. The summed E-state index contributed by atoms with van der Waals surface area (Å²) < 4.78 is 4.12. The van der Waals surface area contributed by atoms with Crippen molar-refractivity contribution in [2.45, 2.75) is 51.0 Å². The summed E-state index contributed by atoms with van der Waals surface area (Å²) in [7, 11) is 2.03. The highest BCUT2D eigenvalue weighted by Gasteiger charge is 2.33. The van der Waals surface area contributed by atoms with E-state index in [1.54, 1.807) is 0 Å². The first kappa shape index (κ1) is 16.5. The summed E-state index contributed by atoms with van der Waals surface area (Å²) in [5.41, 5.74) is 3.15. The summed E-state index contributed by atoms with van der Waals surface area (Å²) in [6.07, 6.45) is 8.83. The topological polar surface area (TPSA) is 64.7 Å². The van der Waals surface area contributed by atoms with Crippen LogP contribution in [0.2, 0.25) is 0 Å². The van der Waals surface area contributed by atoms with Gasteiger partial charge >= 0.3 is 0 Å². The number of rotatable bonds is 3. The van der Waals surface area contributed by atoms with Gasteiger partial charge in [-0.3, -0.25) is 4.79 Å². The number of aryl methyl sites for hydroxylation is 1. The third-order valence-electron chi connectivity index (χ3n) is 6.18. The first-order valence-corrected chi connectivity index (χ1v) is 9.97. The Kier molecular flexibility index (Phi) is 3.99. The number of imidazole rings is 1. The molecule has 1 aliphatic carbocycles. The molecule has 1 fully saturated rings. The Hall–Kier alpha value is -2.63. The Bertz CT molecular complexity index is 995. The minimum atomic E-state index is -0.0498. The lowest BCUT2D eigenvalue weighted by molar-refractivity contribution is -0.116. The maximum atomic E-state index is 12.5. The van der Waals surface area contributed by atoms with Gasteiger partial charge in [-0.15, -0.1) is 0 Å². The van der Waals surface area contributed by atoms with Crippen LogP contribution >= 0.6 is 0 Å². The second kappa shape index (κ2) is 6.51. The highest BCUT2D eigenvalue weighted by atomic mass is 16.1. The highest BCUT2D eigenvalue weighted by molar-refractivity contribution is 5.94.